The second-order valence-electron chi connectivity index (χ2n) is 7.01. The Morgan fingerprint density at radius 1 is 0.812 bits per heavy atom. The zero-order valence-corrected chi connectivity index (χ0v) is 11.7. The van der Waals surface area contributed by atoms with Crippen LogP contribution >= 0.6 is 0 Å². The van der Waals surface area contributed by atoms with E-state index in [-0.39, 0.29) is 5.41 Å². The summed E-state index contributed by atoms with van der Waals surface area (Å²) in [5, 5.41) is 0. The van der Waals surface area contributed by atoms with Crippen LogP contribution in [-0.4, -0.2) is 0 Å². The normalized spacial score (nSPS) is 12.9. The Bertz CT molecular complexity index is 317. The fraction of sp³-hybridized carbons (Fsp3) is 0.625. The molecule has 0 spiro atoms. The van der Waals surface area contributed by atoms with Crippen molar-refractivity contribution < 1.29 is 0 Å². The maximum atomic E-state index is 2.30. The lowest BCUT2D eigenvalue weighted by Gasteiger charge is -2.20. The second kappa shape index (κ2) is 4.61. The Morgan fingerprint density at radius 3 is 1.69 bits per heavy atom. The molecule has 0 nitrogen and oxygen atoms in total. The zero-order valence-electron chi connectivity index (χ0n) is 11.7. The van der Waals surface area contributed by atoms with Crippen LogP contribution in [0, 0.1) is 5.41 Å². The number of hydrogen-bond acceptors (Lipinski definition) is 0. The molecule has 90 valence electrons. The predicted octanol–water partition coefficient (Wildman–Crippen LogP) is 4.96. The molecule has 0 saturated heterocycles. The highest BCUT2D eigenvalue weighted by Gasteiger charge is 2.13. The van der Waals surface area contributed by atoms with Crippen LogP contribution in [-0.2, 0) is 11.8 Å². The predicted molar refractivity (Wildman–Crippen MR) is 72.9 cm³/mol. The molecule has 0 fully saturated rings. The van der Waals surface area contributed by atoms with E-state index in [9.17, 15) is 0 Å². The number of aryl methyl sites for hydroxylation is 1. The number of benzene rings is 1. The van der Waals surface area contributed by atoms with Gasteiger partial charge in [0.1, 0.15) is 0 Å². The molecule has 0 bridgehead atoms. The van der Waals surface area contributed by atoms with Gasteiger partial charge < -0.3 is 0 Å². The minimum absolute atomic E-state index is 0.266. The van der Waals surface area contributed by atoms with Crippen molar-refractivity contribution in [3.63, 3.8) is 0 Å². The molecular formula is C16H26. The maximum absolute atomic E-state index is 2.30. The summed E-state index contributed by atoms with van der Waals surface area (Å²) < 4.78 is 0. The summed E-state index contributed by atoms with van der Waals surface area (Å²) in [7, 11) is 0. The molecule has 0 saturated carbocycles. The lowest BCUT2D eigenvalue weighted by Crippen LogP contribution is -2.11. The largest absolute Gasteiger partial charge is 0.0602 e. The molecule has 0 aliphatic heterocycles. The average molecular weight is 218 g/mol. The van der Waals surface area contributed by atoms with Crippen molar-refractivity contribution in [2.75, 3.05) is 0 Å². The monoisotopic (exact) mass is 218 g/mol. The van der Waals surface area contributed by atoms with Crippen LogP contribution in [0.3, 0.4) is 0 Å². The minimum atomic E-state index is 0.266. The Kier molecular flexibility index (Phi) is 3.83. The van der Waals surface area contributed by atoms with Crippen molar-refractivity contribution in [1.29, 1.82) is 0 Å². The molecule has 0 amide bonds. The number of hydrogen-bond donors (Lipinski definition) is 0. The standard InChI is InChI=1S/C16H26/c1-15(2,3)12-11-13-7-9-14(10-8-13)16(4,5)6/h7-10H,11-12H2,1-6H3. The Labute approximate surface area is 101 Å². The van der Waals surface area contributed by atoms with E-state index in [1.165, 1.54) is 24.0 Å². The highest BCUT2D eigenvalue weighted by atomic mass is 14.2. The van der Waals surface area contributed by atoms with Crippen molar-refractivity contribution in [3.05, 3.63) is 35.4 Å². The molecule has 0 radical (unpaired) electrons. The molecule has 1 aromatic rings. The molecule has 0 heterocycles. The molecule has 0 N–H and O–H groups in total. The van der Waals surface area contributed by atoms with Gasteiger partial charge >= 0.3 is 0 Å². The van der Waals surface area contributed by atoms with Crippen LogP contribution < -0.4 is 0 Å². The molecule has 0 aliphatic carbocycles. The van der Waals surface area contributed by atoms with Gasteiger partial charge in [-0.3, -0.25) is 0 Å². The number of rotatable bonds is 2. The van der Waals surface area contributed by atoms with Gasteiger partial charge in [-0.15, -0.1) is 0 Å². The third-order valence-electron chi connectivity index (χ3n) is 2.98. The Hall–Kier alpha value is -0.780. The van der Waals surface area contributed by atoms with Gasteiger partial charge in [-0.25, -0.2) is 0 Å². The fourth-order valence-electron chi connectivity index (χ4n) is 1.69. The van der Waals surface area contributed by atoms with Crippen molar-refractivity contribution in [3.8, 4) is 0 Å². The molecule has 0 aromatic heterocycles. The van der Waals surface area contributed by atoms with Crippen molar-refractivity contribution in [1.82, 2.24) is 0 Å². The van der Waals surface area contributed by atoms with Crippen LogP contribution in [0.5, 0.6) is 0 Å². The smallest absolute Gasteiger partial charge is 0.0132 e. The summed E-state index contributed by atoms with van der Waals surface area (Å²) in [6.07, 6.45) is 2.44. The first-order chi connectivity index (χ1) is 7.18. The first-order valence-electron chi connectivity index (χ1n) is 6.28. The minimum Gasteiger partial charge on any atom is -0.0602 e. The van der Waals surface area contributed by atoms with Crippen LogP contribution in [0.15, 0.2) is 24.3 Å². The summed E-state index contributed by atoms with van der Waals surface area (Å²) >= 11 is 0. The van der Waals surface area contributed by atoms with Gasteiger partial charge in [-0.2, -0.15) is 0 Å². The first kappa shape index (κ1) is 13.3. The van der Waals surface area contributed by atoms with E-state index in [1.807, 2.05) is 0 Å². The molecule has 0 atom stereocenters. The lowest BCUT2D eigenvalue weighted by molar-refractivity contribution is 0.378. The van der Waals surface area contributed by atoms with Gasteiger partial charge in [-0.05, 0) is 34.8 Å². The Morgan fingerprint density at radius 2 is 1.31 bits per heavy atom. The van der Waals surface area contributed by atoms with Gasteiger partial charge in [0, 0.05) is 0 Å². The molecule has 0 heteroatoms. The highest BCUT2D eigenvalue weighted by molar-refractivity contribution is 5.27. The van der Waals surface area contributed by atoms with E-state index in [4.69, 9.17) is 0 Å². The molecule has 0 unspecified atom stereocenters. The zero-order chi connectivity index (χ0) is 12.4. The summed E-state index contributed by atoms with van der Waals surface area (Å²) in [5.74, 6) is 0. The van der Waals surface area contributed by atoms with Crippen LogP contribution in [0.2, 0.25) is 0 Å². The van der Waals surface area contributed by atoms with E-state index < -0.39 is 0 Å². The molecule has 1 aromatic carbocycles. The fourth-order valence-corrected chi connectivity index (χ4v) is 1.69. The lowest BCUT2D eigenvalue weighted by atomic mass is 9.85. The van der Waals surface area contributed by atoms with E-state index in [0.717, 1.165) is 0 Å². The second-order valence-corrected chi connectivity index (χ2v) is 7.01. The molecule has 16 heavy (non-hydrogen) atoms. The van der Waals surface area contributed by atoms with Gasteiger partial charge in [-0.1, -0.05) is 65.8 Å². The van der Waals surface area contributed by atoms with E-state index in [1.54, 1.807) is 0 Å². The quantitative estimate of drug-likeness (QED) is 0.658. The Balaban J connectivity index is 2.66. The maximum Gasteiger partial charge on any atom is -0.0132 e. The molecule has 0 aliphatic rings. The van der Waals surface area contributed by atoms with Crippen molar-refractivity contribution >= 4 is 0 Å². The first-order valence-corrected chi connectivity index (χ1v) is 6.28. The summed E-state index contributed by atoms with van der Waals surface area (Å²) in [5.41, 5.74) is 3.58. The highest BCUT2D eigenvalue weighted by Crippen LogP contribution is 2.24. The van der Waals surface area contributed by atoms with Gasteiger partial charge in [0.05, 0.1) is 0 Å². The van der Waals surface area contributed by atoms with Crippen LogP contribution in [0.4, 0.5) is 0 Å². The third kappa shape index (κ3) is 4.38. The average Bonchev–Trinajstić information content (AvgIpc) is 2.13. The van der Waals surface area contributed by atoms with Gasteiger partial charge in [0.25, 0.3) is 0 Å². The van der Waals surface area contributed by atoms with E-state index in [0.29, 0.717) is 5.41 Å². The summed E-state index contributed by atoms with van der Waals surface area (Å²) in [6, 6.07) is 9.12. The topological polar surface area (TPSA) is 0 Å². The third-order valence-corrected chi connectivity index (χ3v) is 2.98. The van der Waals surface area contributed by atoms with Crippen LogP contribution in [0.1, 0.15) is 59.1 Å². The molecule has 1 rings (SSSR count). The van der Waals surface area contributed by atoms with Gasteiger partial charge in [0.2, 0.25) is 0 Å². The van der Waals surface area contributed by atoms with E-state index in [2.05, 4.69) is 65.8 Å². The SMILES string of the molecule is CC(C)(C)CCc1ccc(C(C)(C)C)cc1. The van der Waals surface area contributed by atoms with E-state index >= 15 is 0 Å². The summed E-state index contributed by atoms with van der Waals surface area (Å²) in [4.78, 5) is 0. The summed E-state index contributed by atoms with van der Waals surface area (Å²) in [6.45, 7) is 13.7. The van der Waals surface area contributed by atoms with Crippen molar-refractivity contribution in [2.45, 2.75) is 59.8 Å². The molecular weight excluding hydrogens is 192 g/mol. The van der Waals surface area contributed by atoms with Crippen LogP contribution in [0.25, 0.3) is 0 Å². The van der Waals surface area contributed by atoms with Crippen molar-refractivity contribution in [2.24, 2.45) is 5.41 Å². The van der Waals surface area contributed by atoms with Gasteiger partial charge in [0.15, 0.2) is 0 Å².